The Hall–Kier alpha value is -2.27. The molecule has 2 aromatic rings. The van der Waals surface area contributed by atoms with Crippen molar-refractivity contribution < 1.29 is 9.59 Å². The van der Waals surface area contributed by atoms with Crippen molar-refractivity contribution in [3.63, 3.8) is 0 Å². The monoisotopic (exact) mass is 340 g/mol. The lowest BCUT2D eigenvalue weighted by Gasteiger charge is -2.26. The predicted molar refractivity (Wildman–Crippen MR) is 96.6 cm³/mol. The molecule has 0 aromatic heterocycles. The zero-order chi connectivity index (χ0) is 16.9. The van der Waals surface area contributed by atoms with Crippen LogP contribution in [0.1, 0.15) is 21.9 Å². The first kappa shape index (κ1) is 16.6. The zero-order valence-electron chi connectivity index (χ0n) is 13.3. The molecule has 5 heteroatoms. The molecule has 1 heterocycles. The second kappa shape index (κ2) is 7.53. The van der Waals surface area contributed by atoms with Crippen molar-refractivity contribution in [2.45, 2.75) is 24.1 Å². The fourth-order valence-electron chi connectivity index (χ4n) is 2.93. The van der Waals surface area contributed by atoms with Gasteiger partial charge in [-0.1, -0.05) is 54.6 Å². The smallest absolute Gasteiger partial charge is 0.240 e. The summed E-state index contributed by atoms with van der Waals surface area (Å²) in [4.78, 5) is 24.5. The Bertz CT molecular complexity index is 733. The van der Waals surface area contributed by atoms with E-state index in [4.69, 9.17) is 5.73 Å². The number of aryl methyl sites for hydroxylation is 1. The van der Waals surface area contributed by atoms with Crippen LogP contribution in [-0.2, 0) is 22.4 Å². The van der Waals surface area contributed by atoms with Crippen molar-refractivity contribution in [2.75, 3.05) is 5.75 Å². The Kier molecular flexibility index (Phi) is 5.20. The van der Waals surface area contributed by atoms with Gasteiger partial charge in [-0.2, -0.15) is 0 Å². The van der Waals surface area contributed by atoms with Gasteiger partial charge in [-0.25, -0.2) is 0 Å². The number of thioether (sulfide) groups is 1. The maximum absolute atomic E-state index is 12.7. The predicted octanol–water partition coefficient (Wildman–Crippen LogP) is 2.23. The van der Waals surface area contributed by atoms with Crippen LogP contribution in [0.15, 0.2) is 54.6 Å². The van der Waals surface area contributed by atoms with Crippen LogP contribution in [-0.4, -0.2) is 23.6 Å². The quantitative estimate of drug-likeness (QED) is 0.877. The summed E-state index contributed by atoms with van der Waals surface area (Å²) in [6.45, 7) is 0. The average Bonchev–Trinajstić information content (AvgIpc) is 2.61. The lowest BCUT2D eigenvalue weighted by atomic mass is 10.0. The molecule has 1 aliphatic rings. The molecule has 0 radical (unpaired) electrons. The molecule has 0 unspecified atom stereocenters. The van der Waals surface area contributed by atoms with Crippen LogP contribution in [0.3, 0.4) is 0 Å². The third-order valence-electron chi connectivity index (χ3n) is 4.17. The lowest BCUT2D eigenvalue weighted by Crippen LogP contribution is -2.47. The molecule has 2 aromatic carbocycles. The molecule has 3 N–H and O–H groups in total. The molecule has 4 nitrogen and oxygen atoms in total. The van der Waals surface area contributed by atoms with Crippen molar-refractivity contribution in [3.8, 4) is 0 Å². The summed E-state index contributed by atoms with van der Waals surface area (Å²) in [5.41, 5.74) is 8.71. The van der Waals surface area contributed by atoms with Gasteiger partial charge >= 0.3 is 0 Å². The summed E-state index contributed by atoms with van der Waals surface area (Å²) >= 11 is 1.61. The van der Waals surface area contributed by atoms with Crippen LogP contribution in [0, 0.1) is 0 Å². The topological polar surface area (TPSA) is 72.2 Å². The maximum atomic E-state index is 12.7. The molecule has 0 saturated carbocycles. The Morgan fingerprint density at radius 2 is 1.83 bits per heavy atom. The van der Waals surface area contributed by atoms with Crippen LogP contribution in [0.25, 0.3) is 0 Å². The van der Waals surface area contributed by atoms with E-state index in [0.29, 0.717) is 6.42 Å². The summed E-state index contributed by atoms with van der Waals surface area (Å²) in [6.07, 6.45) is 1.37. The van der Waals surface area contributed by atoms with Crippen LogP contribution in [0.5, 0.6) is 0 Å². The van der Waals surface area contributed by atoms with E-state index in [9.17, 15) is 9.59 Å². The number of hydrogen-bond acceptors (Lipinski definition) is 3. The number of benzene rings is 2. The molecule has 24 heavy (non-hydrogen) atoms. The summed E-state index contributed by atoms with van der Waals surface area (Å²) < 4.78 is 0. The highest BCUT2D eigenvalue weighted by molar-refractivity contribution is 8.00. The number of nitrogens with one attached hydrogen (secondary N) is 1. The van der Waals surface area contributed by atoms with E-state index in [2.05, 4.69) is 11.4 Å². The Morgan fingerprint density at radius 1 is 1.12 bits per heavy atom. The van der Waals surface area contributed by atoms with Gasteiger partial charge in [0, 0.05) is 6.42 Å². The fourth-order valence-corrected chi connectivity index (χ4v) is 4.13. The number of primary amides is 1. The molecule has 2 atom stereocenters. The molecular formula is C19H20N2O2S. The molecule has 2 amide bonds. The highest BCUT2D eigenvalue weighted by Crippen LogP contribution is 2.36. The van der Waals surface area contributed by atoms with E-state index < -0.39 is 11.9 Å². The second-order valence-corrected chi connectivity index (χ2v) is 7.07. The van der Waals surface area contributed by atoms with Gasteiger partial charge in [0.15, 0.2) is 0 Å². The van der Waals surface area contributed by atoms with E-state index in [1.54, 1.807) is 11.8 Å². The Balaban J connectivity index is 1.74. The maximum Gasteiger partial charge on any atom is 0.240 e. The van der Waals surface area contributed by atoms with E-state index in [1.807, 2.05) is 48.5 Å². The number of fused-ring (bicyclic) bond motifs is 1. The number of nitrogens with two attached hydrogens (primary N) is 1. The lowest BCUT2D eigenvalue weighted by molar-refractivity contribution is -0.127. The molecule has 0 spiro atoms. The van der Waals surface area contributed by atoms with Gasteiger partial charge in [-0.05, 0) is 28.9 Å². The third-order valence-corrected chi connectivity index (χ3v) is 5.42. The van der Waals surface area contributed by atoms with E-state index in [0.717, 1.165) is 23.3 Å². The first-order valence-corrected chi connectivity index (χ1v) is 9.03. The number of rotatable bonds is 5. The third kappa shape index (κ3) is 3.79. The van der Waals surface area contributed by atoms with Gasteiger partial charge in [-0.15, -0.1) is 11.8 Å². The second-order valence-electron chi connectivity index (χ2n) is 5.85. The van der Waals surface area contributed by atoms with Crippen molar-refractivity contribution >= 4 is 23.6 Å². The number of amides is 2. The highest BCUT2D eigenvalue weighted by Gasteiger charge is 2.29. The molecule has 0 fully saturated rings. The molecule has 0 saturated heterocycles. The molecule has 124 valence electrons. The zero-order valence-corrected chi connectivity index (χ0v) is 14.1. The minimum absolute atomic E-state index is 0.146. The molecule has 1 aliphatic heterocycles. The van der Waals surface area contributed by atoms with Crippen LogP contribution >= 0.6 is 11.8 Å². The molecule has 3 rings (SSSR count). The SMILES string of the molecule is NC(=O)[C@H](Cc1ccccc1)NC(=O)[C@H]1SCCc2ccccc21. The van der Waals surface area contributed by atoms with Crippen molar-refractivity contribution in [1.29, 1.82) is 0 Å². The highest BCUT2D eigenvalue weighted by atomic mass is 32.2. The van der Waals surface area contributed by atoms with Crippen LogP contribution < -0.4 is 11.1 Å². The molecular weight excluding hydrogens is 320 g/mol. The summed E-state index contributed by atoms with van der Waals surface area (Å²) in [7, 11) is 0. The van der Waals surface area contributed by atoms with Gasteiger partial charge in [-0.3, -0.25) is 9.59 Å². The van der Waals surface area contributed by atoms with Gasteiger partial charge < -0.3 is 11.1 Å². The summed E-state index contributed by atoms with van der Waals surface area (Å²) in [6, 6.07) is 16.9. The van der Waals surface area contributed by atoms with Gasteiger partial charge in [0.2, 0.25) is 11.8 Å². The van der Waals surface area contributed by atoms with E-state index in [1.165, 1.54) is 5.56 Å². The summed E-state index contributed by atoms with van der Waals surface area (Å²) in [5.74, 6) is 0.239. The van der Waals surface area contributed by atoms with E-state index in [-0.39, 0.29) is 11.2 Å². The number of carbonyl (C=O) groups excluding carboxylic acids is 2. The Labute approximate surface area is 145 Å². The van der Waals surface area contributed by atoms with Gasteiger partial charge in [0.25, 0.3) is 0 Å². The Morgan fingerprint density at radius 3 is 2.58 bits per heavy atom. The number of hydrogen-bond donors (Lipinski definition) is 2. The number of carbonyl (C=O) groups is 2. The molecule has 0 bridgehead atoms. The first-order chi connectivity index (χ1) is 11.6. The van der Waals surface area contributed by atoms with Crippen LogP contribution in [0.4, 0.5) is 0 Å². The molecule has 0 aliphatic carbocycles. The summed E-state index contributed by atoms with van der Waals surface area (Å²) in [5, 5.41) is 2.56. The van der Waals surface area contributed by atoms with Crippen LogP contribution in [0.2, 0.25) is 0 Å². The standard InChI is InChI=1S/C19H20N2O2S/c20-18(22)16(12-13-6-2-1-3-7-13)21-19(23)17-15-9-5-4-8-14(15)10-11-24-17/h1-9,16-17H,10-12H2,(H2,20,22)(H,21,23)/t16-,17-/m0/s1. The van der Waals surface area contributed by atoms with Crippen molar-refractivity contribution in [3.05, 3.63) is 71.3 Å². The minimum Gasteiger partial charge on any atom is -0.368 e. The largest absolute Gasteiger partial charge is 0.368 e. The minimum atomic E-state index is -0.699. The average molecular weight is 340 g/mol. The normalized spacial score (nSPS) is 17.6. The van der Waals surface area contributed by atoms with Crippen molar-refractivity contribution in [2.24, 2.45) is 5.73 Å². The van der Waals surface area contributed by atoms with Crippen molar-refractivity contribution in [1.82, 2.24) is 5.32 Å². The first-order valence-electron chi connectivity index (χ1n) is 7.98. The fraction of sp³-hybridized carbons (Fsp3) is 0.263. The van der Waals surface area contributed by atoms with E-state index >= 15 is 0 Å². The van der Waals surface area contributed by atoms with Gasteiger partial charge in [0.1, 0.15) is 11.3 Å². The van der Waals surface area contributed by atoms with Gasteiger partial charge in [0.05, 0.1) is 0 Å².